The first-order chi connectivity index (χ1) is 27.4. The van der Waals surface area contributed by atoms with Gasteiger partial charge in [0.05, 0.1) is 13.2 Å². The van der Waals surface area contributed by atoms with Crippen LogP contribution in [0.2, 0.25) is 0 Å². The van der Waals surface area contributed by atoms with E-state index in [-0.39, 0.29) is 17.6 Å². The van der Waals surface area contributed by atoms with Crippen molar-refractivity contribution in [3.63, 3.8) is 0 Å². The van der Waals surface area contributed by atoms with Crippen LogP contribution in [-0.4, -0.2) is 38.6 Å². The first kappa shape index (κ1) is 33.5. The molecule has 16 aliphatic carbocycles. The summed E-state index contributed by atoms with van der Waals surface area (Å²) in [6.45, 7) is 3.27. The molecule has 0 N–H and O–H groups in total. The van der Waals surface area contributed by atoms with E-state index in [4.69, 9.17) is 18.9 Å². The lowest BCUT2D eigenvalue weighted by molar-refractivity contribution is -0.0279. The van der Waals surface area contributed by atoms with Crippen LogP contribution < -0.4 is 9.47 Å². The third kappa shape index (κ3) is 4.84. The van der Waals surface area contributed by atoms with Crippen molar-refractivity contribution in [2.45, 2.75) is 188 Å². The molecular formula is C52H70O4. The van der Waals surface area contributed by atoms with Crippen molar-refractivity contribution in [2.75, 3.05) is 26.4 Å². The Morgan fingerprint density at radius 3 is 0.768 bits per heavy atom. The van der Waals surface area contributed by atoms with E-state index in [0.717, 1.165) is 97.4 Å². The highest BCUT2D eigenvalue weighted by Crippen LogP contribution is 2.74. The second-order valence-electron chi connectivity index (χ2n) is 25.5. The van der Waals surface area contributed by atoms with Crippen molar-refractivity contribution < 1.29 is 18.9 Å². The van der Waals surface area contributed by atoms with Gasteiger partial charge in [0.1, 0.15) is 36.9 Å². The molecule has 56 heavy (non-hydrogen) atoms. The van der Waals surface area contributed by atoms with Crippen LogP contribution in [0, 0.1) is 71.0 Å². The molecule has 1 aromatic rings. The van der Waals surface area contributed by atoms with Gasteiger partial charge in [-0.05, 0) is 236 Å². The molecule has 2 atom stereocenters. The first-order valence-electron chi connectivity index (χ1n) is 25.1. The summed E-state index contributed by atoms with van der Waals surface area (Å²) in [7, 11) is 0. The van der Waals surface area contributed by atoms with Crippen LogP contribution in [0.15, 0.2) is 0 Å². The molecule has 19 rings (SSSR count). The molecule has 18 fully saturated rings. The summed E-state index contributed by atoms with van der Waals surface area (Å²) in [6, 6.07) is 0. The van der Waals surface area contributed by atoms with Gasteiger partial charge in [0.2, 0.25) is 0 Å². The maximum Gasteiger partial charge on any atom is 0.130 e. The lowest BCUT2D eigenvalue weighted by Crippen LogP contribution is -2.56. The molecule has 18 aliphatic rings. The largest absolute Gasteiger partial charge is 0.490 e. The van der Waals surface area contributed by atoms with E-state index >= 15 is 0 Å². The Labute approximate surface area is 337 Å². The van der Waals surface area contributed by atoms with Gasteiger partial charge in [0, 0.05) is 32.9 Å². The molecule has 1 aromatic carbocycles. The smallest absolute Gasteiger partial charge is 0.130 e. The van der Waals surface area contributed by atoms with Gasteiger partial charge in [-0.25, -0.2) is 0 Å². The lowest BCUT2D eigenvalue weighted by Gasteiger charge is -2.64. The maximum atomic E-state index is 7.88. The fourth-order valence-electron chi connectivity index (χ4n) is 21.4. The molecule has 2 saturated heterocycles. The summed E-state index contributed by atoms with van der Waals surface area (Å²) in [5.41, 5.74) is 8.54. The van der Waals surface area contributed by atoms with E-state index < -0.39 is 0 Å². The zero-order chi connectivity index (χ0) is 36.2. The highest BCUT2D eigenvalue weighted by molar-refractivity contribution is 5.70. The fourth-order valence-corrected chi connectivity index (χ4v) is 21.4. The average molecular weight is 759 g/mol. The predicted octanol–water partition coefficient (Wildman–Crippen LogP) is 11.1. The van der Waals surface area contributed by atoms with Crippen LogP contribution in [0.3, 0.4) is 0 Å². The molecule has 0 amide bonds. The quantitative estimate of drug-likeness (QED) is 0.223. The molecule has 4 heteroatoms. The third-order valence-electron chi connectivity index (χ3n) is 21.3. The van der Waals surface area contributed by atoms with Crippen LogP contribution >= 0.6 is 0 Å². The Bertz CT molecular complexity index is 1600. The van der Waals surface area contributed by atoms with Crippen molar-refractivity contribution in [2.24, 2.45) is 71.0 Å². The van der Waals surface area contributed by atoms with E-state index in [1.807, 2.05) is 16.7 Å². The molecule has 2 unspecified atom stereocenters. The third-order valence-corrected chi connectivity index (χ3v) is 21.3. The van der Waals surface area contributed by atoms with Gasteiger partial charge in [-0.1, -0.05) is 0 Å². The number of hydrogen-bond acceptors (Lipinski definition) is 4. The number of ether oxygens (including phenoxy) is 4. The van der Waals surface area contributed by atoms with Gasteiger partial charge in [0.25, 0.3) is 0 Å². The van der Waals surface area contributed by atoms with Gasteiger partial charge in [-0.2, -0.15) is 0 Å². The maximum absolute atomic E-state index is 7.88. The molecule has 16 saturated carbocycles. The molecule has 0 spiro atoms. The number of benzene rings is 1. The SMILES string of the molecule is C1C2CC3CC1CC(c1c(OCC4CO4)c(C45CC6CC(CC(C6)C4)C5)c(C45CC6CC(CC(C6)C4)C5)c(C45CC6CC(CC(C6)C4)C5)c1OCC1CO1)(C2)C3. The Balaban J connectivity index is 1.07. The topological polar surface area (TPSA) is 43.5 Å². The Morgan fingerprint density at radius 1 is 0.321 bits per heavy atom. The van der Waals surface area contributed by atoms with E-state index in [2.05, 4.69) is 0 Å². The molecule has 2 aliphatic heterocycles. The molecule has 0 aromatic heterocycles. The Morgan fingerprint density at radius 2 is 0.536 bits per heavy atom. The second kappa shape index (κ2) is 11.4. The Kier molecular flexibility index (Phi) is 6.78. The van der Waals surface area contributed by atoms with Crippen molar-refractivity contribution >= 4 is 0 Å². The highest BCUT2D eigenvalue weighted by Gasteiger charge is 2.64. The minimum Gasteiger partial charge on any atom is -0.490 e. The van der Waals surface area contributed by atoms with E-state index in [0.29, 0.717) is 16.2 Å². The first-order valence-corrected chi connectivity index (χ1v) is 25.1. The summed E-state index contributed by atoms with van der Waals surface area (Å²) in [5, 5.41) is 0. The summed E-state index contributed by atoms with van der Waals surface area (Å²) in [4.78, 5) is 0. The Hall–Kier alpha value is -1.26. The number of rotatable bonds is 10. The van der Waals surface area contributed by atoms with Crippen molar-refractivity contribution in [1.82, 2.24) is 0 Å². The van der Waals surface area contributed by atoms with Crippen LogP contribution in [0.25, 0.3) is 0 Å². The van der Waals surface area contributed by atoms with Crippen molar-refractivity contribution in [1.29, 1.82) is 0 Å². The van der Waals surface area contributed by atoms with E-state index in [9.17, 15) is 0 Å². The molecular weight excluding hydrogens is 689 g/mol. The van der Waals surface area contributed by atoms with Crippen LogP contribution in [0.4, 0.5) is 0 Å². The molecule has 302 valence electrons. The minimum absolute atomic E-state index is 0.211. The number of epoxide rings is 2. The van der Waals surface area contributed by atoms with Crippen molar-refractivity contribution in [3.05, 3.63) is 22.3 Å². The van der Waals surface area contributed by atoms with Gasteiger partial charge in [-0.3, -0.25) is 0 Å². The van der Waals surface area contributed by atoms with Gasteiger partial charge >= 0.3 is 0 Å². The van der Waals surface area contributed by atoms with Crippen LogP contribution in [0.5, 0.6) is 11.5 Å². The van der Waals surface area contributed by atoms with Gasteiger partial charge < -0.3 is 18.9 Å². The summed E-state index contributed by atoms with van der Waals surface area (Å²) >= 11 is 0. The summed E-state index contributed by atoms with van der Waals surface area (Å²) in [6.07, 6.45) is 36.0. The van der Waals surface area contributed by atoms with E-state index in [1.165, 1.54) is 166 Å². The van der Waals surface area contributed by atoms with E-state index in [1.54, 1.807) is 5.56 Å². The lowest BCUT2D eigenvalue weighted by atomic mass is 9.40. The van der Waals surface area contributed by atoms with Crippen molar-refractivity contribution in [3.8, 4) is 11.5 Å². The van der Waals surface area contributed by atoms with Crippen LogP contribution in [0.1, 0.15) is 176 Å². The standard InChI is InChI=1S/C52H70O4/c1-29-2-31-3-30(1)14-49(13-29,15-31)43-44(50-16-32-4-33(17-50)6-34(5-32)18-50)47(55-27-41-25-53-41)46(52-22-38-10-39(23-52)12-40(11-38)24-52)48(56-28-42-26-54-42)45(43)51-19-35-7-36(20-51)9-37(8-35)21-51/h29-42H,1-28H2. The zero-order valence-corrected chi connectivity index (χ0v) is 34.5. The average Bonchev–Trinajstić information content (AvgIpc) is 4.07. The predicted molar refractivity (Wildman–Crippen MR) is 216 cm³/mol. The monoisotopic (exact) mass is 759 g/mol. The minimum atomic E-state index is 0.211. The number of hydrogen-bond donors (Lipinski definition) is 0. The normalized spacial score (nSPS) is 55.4. The summed E-state index contributed by atoms with van der Waals surface area (Å²) < 4.78 is 27.9. The molecule has 16 bridgehead atoms. The molecule has 4 nitrogen and oxygen atoms in total. The zero-order valence-electron chi connectivity index (χ0n) is 34.5. The molecule has 0 radical (unpaired) electrons. The van der Waals surface area contributed by atoms with Gasteiger partial charge in [0.15, 0.2) is 0 Å². The van der Waals surface area contributed by atoms with Gasteiger partial charge in [-0.15, -0.1) is 0 Å². The van der Waals surface area contributed by atoms with Crippen LogP contribution in [-0.2, 0) is 31.1 Å². The molecule has 2 heterocycles. The highest BCUT2D eigenvalue weighted by atomic mass is 16.6. The second-order valence-corrected chi connectivity index (χ2v) is 25.5. The fraction of sp³-hybridized carbons (Fsp3) is 0.885. The summed E-state index contributed by atoms with van der Waals surface area (Å²) in [5.74, 6) is 14.0.